The van der Waals surface area contributed by atoms with Gasteiger partial charge in [-0.2, -0.15) is 0 Å². The highest BCUT2D eigenvalue weighted by Crippen LogP contribution is 2.27. The monoisotopic (exact) mass is 363 g/mol. The van der Waals surface area contributed by atoms with Gasteiger partial charge in [0.15, 0.2) is 0 Å². The van der Waals surface area contributed by atoms with Gasteiger partial charge in [-0.25, -0.2) is 0 Å². The molecule has 1 aromatic carbocycles. The number of halogens is 1. The summed E-state index contributed by atoms with van der Waals surface area (Å²) >= 11 is 7.77. The van der Waals surface area contributed by atoms with E-state index >= 15 is 0 Å². The summed E-state index contributed by atoms with van der Waals surface area (Å²) in [7, 11) is 2.16. The SMILES string of the molecule is CN1CCN([C@H](CN=Cc2cc(Cl)ccc2O)c2cccs2)CC1. The molecule has 24 heavy (non-hydrogen) atoms. The van der Waals surface area contributed by atoms with Crippen molar-refractivity contribution in [3.05, 3.63) is 51.2 Å². The van der Waals surface area contributed by atoms with Crippen LogP contribution in [0.5, 0.6) is 5.75 Å². The fourth-order valence-electron chi connectivity index (χ4n) is 2.88. The third-order valence-corrected chi connectivity index (χ3v) is 5.56. The fourth-order valence-corrected chi connectivity index (χ4v) is 3.91. The van der Waals surface area contributed by atoms with E-state index in [1.807, 2.05) is 0 Å². The Kier molecular flexibility index (Phi) is 5.89. The molecule has 1 fully saturated rings. The van der Waals surface area contributed by atoms with Crippen LogP contribution in [0.3, 0.4) is 0 Å². The molecule has 6 heteroatoms. The molecule has 0 aliphatic carbocycles. The number of hydrogen-bond donors (Lipinski definition) is 1. The Balaban J connectivity index is 1.72. The molecule has 2 aromatic rings. The van der Waals surface area contributed by atoms with Crippen LogP contribution in [-0.2, 0) is 0 Å². The van der Waals surface area contributed by atoms with Gasteiger partial charge in [-0.15, -0.1) is 11.3 Å². The molecule has 0 radical (unpaired) electrons. The predicted molar refractivity (Wildman–Crippen MR) is 102 cm³/mol. The largest absolute Gasteiger partial charge is 0.507 e. The maximum absolute atomic E-state index is 9.90. The summed E-state index contributed by atoms with van der Waals surface area (Å²) in [5, 5.41) is 12.6. The Labute approximate surface area is 152 Å². The molecular formula is C18H22ClN3OS. The minimum Gasteiger partial charge on any atom is -0.507 e. The highest BCUT2D eigenvalue weighted by Gasteiger charge is 2.24. The Morgan fingerprint density at radius 2 is 2.08 bits per heavy atom. The smallest absolute Gasteiger partial charge is 0.124 e. The number of rotatable bonds is 5. The number of piperazine rings is 1. The van der Waals surface area contributed by atoms with E-state index in [2.05, 4.69) is 39.4 Å². The fraction of sp³-hybridized carbons (Fsp3) is 0.389. The summed E-state index contributed by atoms with van der Waals surface area (Å²) in [5.41, 5.74) is 0.658. The van der Waals surface area contributed by atoms with E-state index in [-0.39, 0.29) is 11.8 Å². The van der Waals surface area contributed by atoms with Crippen LogP contribution in [0.2, 0.25) is 5.02 Å². The van der Waals surface area contributed by atoms with Gasteiger partial charge in [-0.05, 0) is 36.7 Å². The van der Waals surface area contributed by atoms with Crippen LogP contribution in [0.25, 0.3) is 0 Å². The summed E-state index contributed by atoms with van der Waals surface area (Å²) in [6, 6.07) is 9.57. The van der Waals surface area contributed by atoms with Gasteiger partial charge in [0.2, 0.25) is 0 Å². The van der Waals surface area contributed by atoms with Gasteiger partial charge in [0.25, 0.3) is 0 Å². The molecule has 4 nitrogen and oxygen atoms in total. The average Bonchev–Trinajstić information content (AvgIpc) is 3.10. The maximum Gasteiger partial charge on any atom is 0.124 e. The molecule has 1 N–H and O–H groups in total. The summed E-state index contributed by atoms with van der Waals surface area (Å²) in [4.78, 5) is 10.8. The first kappa shape index (κ1) is 17.4. The topological polar surface area (TPSA) is 39.1 Å². The van der Waals surface area contributed by atoms with E-state index in [1.165, 1.54) is 4.88 Å². The van der Waals surface area contributed by atoms with Crippen molar-refractivity contribution in [2.45, 2.75) is 6.04 Å². The molecule has 0 spiro atoms. The number of phenolic OH excluding ortho intramolecular Hbond substituents is 1. The molecule has 1 atom stereocenters. The normalized spacial score (nSPS) is 18.2. The number of nitrogens with zero attached hydrogens (tertiary/aromatic N) is 3. The lowest BCUT2D eigenvalue weighted by Gasteiger charge is -2.37. The Morgan fingerprint density at radius 1 is 1.29 bits per heavy atom. The third kappa shape index (κ3) is 4.36. The van der Waals surface area contributed by atoms with Gasteiger partial charge in [0.05, 0.1) is 12.6 Å². The van der Waals surface area contributed by atoms with Crippen molar-refractivity contribution in [2.75, 3.05) is 39.8 Å². The lowest BCUT2D eigenvalue weighted by molar-refractivity contribution is 0.116. The summed E-state index contributed by atoms with van der Waals surface area (Å²) in [5.74, 6) is 0.204. The zero-order valence-corrected chi connectivity index (χ0v) is 15.3. The summed E-state index contributed by atoms with van der Waals surface area (Å²) in [6.45, 7) is 4.95. The molecule has 1 aliphatic heterocycles. The van der Waals surface area contributed by atoms with Crippen LogP contribution < -0.4 is 0 Å². The van der Waals surface area contributed by atoms with Crippen LogP contribution in [0, 0.1) is 0 Å². The standard InChI is InChI=1S/C18H22ClN3OS/c1-21-6-8-22(9-7-21)16(18-3-2-10-24-18)13-20-12-14-11-15(19)4-5-17(14)23/h2-5,10-12,16,23H,6-9,13H2,1H3/t16-/m1/s1. The van der Waals surface area contributed by atoms with E-state index < -0.39 is 0 Å². The van der Waals surface area contributed by atoms with Crippen LogP contribution >= 0.6 is 22.9 Å². The average molecular weight is 364 g/mol. The molecule has 1 aromatic heterocycles. The van der Waals surface area contributed by atoms with Crippen molar-refractivity contribution < 1.29 is 5.11 Å². The van der Waals surface area contributed by atoms with Crippen LogP contribution in [0.4, 0.5) is 0 Å². The highest BCUT2D eigenvalue weighted by atomic mass is 35.5. The van der Waals surface area contributed by atoms with Gasteiger partial charge < -0.3 is 10.0 Å². The number of phenols is 1. The molecule has 0 bridgehead atoms. The summed E-state index contributed by atoms with van der Waals surface area (Å²) < 4.78 is 0. The van der Waals surface area contributed by atoms with Gasteiger partial charge in [0, 0.05) is 47.9 Å². The van der Waals surface area contributed by atoms with E-state index in [1.54, 1.807) is 35.8 Å². The molecule has 3 rings (SSSR count). The molecule has 128 valence electrons. The lowest BCUT2D eigenvalue weighted by atomic mass is 10.1. The molecular weight excluding hydrogens is 342 g/mol. The molecule has 1 saturated heterocycles. The van der Waals surface area contributed by atoms with E-state index in [0.29, 0.717) is 17.1 Å². The van der Waals surface area contributed by atoms with Gasteiger partial charge in [0.1, 0.15) is 5.75 Å². The number of thiophene rings is 1. The maximum atomic E-state index is 9.90. The van der Waals surface area contributed by atoms with E-state index in [9.17, 15) is 5.11 Å². The van der Waals surface area contributed by atoms with Gasteiger partial charge in [-0.3, -0.25) is 9.89 Å². The lowest BCUT2D eigenvalue weighted by Crippen LogP contribution is -2.46. The molecule has 1 aliphatic rings. The Hall–Kier alpha value is -1.40. The van der Waals surface area contributed by atoms with Crippen LogP contribution in [0.1, 0.15) is 16.5 Å². The van der Waals surface area contributed by atoms with E-state index in [0.717, 1.165) is 26.2 Å². The van der Waals surface area contributed by atoms with Crippen molar-refractivity contribution in [3.63, 3.8) is 0 Å². The van der Waals surface area contributed by atoms with Crippen molar-refractivity contribution in [3.8, 4) is 5.75 Å². The van der Waals surface area contributed by atoms with Gasteiger partial charge >= 0.3 is 0 Å². The minimum atomic E-state index is 0.204. The second-order valence-electron chi connectivity index (χ2n) is 6.07. The number of benzene rings is 1. The molecule has 2 heterocycles. The zero-order chi connectivity index (χ0) is 16.9. The Morgan fingerprint density at radius 3 is 2.79 bits per heavy atom. The van der Waals surface area contributed by atoms with Crippen molar-refractivity contribution in [1.29, 1.82) is 0 Å². The number of aliphatic imine (C=N–C) groups is 1. The predicted octanol–water partition coefficient (Wildman–Crippen LogP) is 3.51. The number of hydrogen-bond acceptors (Lipinski definition) is 5. The Bertz CT molecular complexity index is 682. The van der Waals surface area contributed by atoms with Gasteiger partial charge in [-0.1, -0.05) is 17.7 Å². The third-order valence-electron chi connectivity index (χ3n) is 4.35. The molecule has 0 saturated carbocycles. The van der Waals surface area contributed by atoms with Crippen molar-refractivity contribution >= 4 is 29.2 Å². The summed E-state index contributed by atoms with van der Waals surface area (Å²) in [6.07, 6.45) is 1.72. The van der Waals surface area contributed by atoms with Crippen molar-refractivity contribution in [1.82, 2.24) is 9.80 Å². The second-order valence-corrected chi connectivity index (χ2v) is 7.48. The van der Waals surface area contributed by atoms with Crippen molar-refractivity contribution in [2.24, 2.45) is 4.99 Å². The minimum absolute atomic E-state index is 0.204. The first-order chi connectivity index (χ1) is 11.6. The quantitative estimate of drug-likeness (QED) is 0.826. The van der Waals surface area contributed by atoms with Crippen LogP contribution in [-0.4, -0.2) is 60.9 Å². The zero-order valence-electron chi connectivity index (χ0n) is 13.7. The number of aromatic hydroxyl groups is 1. The molecule has 0 unspecified atom stereocenters. The first-order valence-electron chi connectivity index (χ1n) is 8.08. The number of likely N-dealkylation sites (N-methyl/N-ethyl adjacent to an activating group) is 1. The molecule has 0 amide bonds. The highest BCUT2D eigenvalue weighted by molar-refractivity contribution is 7.10. The van der Waals surface area contributed by atoms with E-state index in [4.69, 9.17) is 11.6 Å². The first-order valence-corrected chi connectivity index (χ1v) is 9.33. The second kappa shape index (κ2) is 8.12. The van der Waals surface area contributed by atoms with Crippen LogP contribution in [0.15, 0.2) is 40.7 Å².